The summed E-state index contributed by atoms with van der Waals surface area (Å²) in [7, 11) is 0. The van der Waals surface area contributed by atoms with E-state index in [4.69, 9.17) is 17.3 Å². The molecular weight excluding hydrogens is 324 g/mol. The van der Waals surface area contributed by atoms with Gasteiger partial charge < -0.3 is 11.1 Å². The number of benzene rings is 2. The number of carbonyl (C=O) groups excluding carboxylic acids is 2. The van der Waals surface area contributed by atoms with Crippen molar-refractivity contribution >= 4 is 29.0 Å². The van der Waals surface area contributed by atoms with Crippen LogP contribution in [0.15, 0.2) is 48.5 Å². The predicted molar refractivity (Wildman–Crippen MR) is 97.4 cm³/mol. The number of ketones is 1. The summed E-state index contributed by atoms with van der Waals surface area (Å²) in [6, 6.07) is 13.2. The van der Waals surface area contributed by atoms with Gasteiger partial charge in [-0.05, 0) is 18.1 Å². The summed E-state index contributed by atoms with van der Waals surface area (Å²) in [5.74, 6) is -0.522. The molecule has 0 spiro atoms. The number of hydrogen-bond donors (Lipinski definition) is 2. The fraction of sp³-hybridized carbons (Fsp3) is 0.263. The zero-order chi connectivity index (χ0) is 17.7. The first-order chi connectivity index (χ1) is 11.5. The van der Waals surface area contributed by atoms with Crippen LogP contribution in [0.2, 0.25) is 5.02 Å². The number of hydrogen-bond acceptors (Lipinski definition) is 3. The molecule has 0 fully saturated rings. The van der Waals surface area contributed by atoms with Crippen molar-refractivity contribution in [2.24, 2.45) is 11.7 Å². The lowest BCUT2D eigenvalue weighted by Crippen LogP contribution is -2.41. The van der Waals surface area contributed by atoms with E-state index in [2.05, 4.69) is 5.32 Å². The molecule has 0 aliphatic heterocycles. The summed E-state index contributed by atoms with van der Waals surface area (Å²) >= 11 is 6.22. The van der Waals surface area contributed by atoms with Gasteiger partial charge in [0.05, 0.1) is 16.8 Å². The summed E-state index contributed by atoms with van der Waals surface area (Å²) in [4.78, 5) is 25.1. The molecule has 1 amide bonds. The highest BCUT2D eigenvalue weighted by molar-refractivity contribution is 6.35. The summed E-state index contributed by atoms with van der Waals surface area (Å²) in [6.45, 7) is 3.88. The van der Waals surface area contributed by atoms with Crippen molar-refractivity contribution in [1.82, 2.24) is 0 Å². The standard InChI is InChI=1S/C19H21ClN2O2/c1-3-12(2)16(21)19(24)22-17-14(10-7-11-15(17)20)18(23)13-8-5-4-6-9-13/h4-12,16H,3,21H2,1-2H3,(H,22,24)/t12-,16-/m0/s1. The van der Waals surface area contributed by atoms with Gasteiger partial charge in [-0.1, -0.05) is 68.3 Å². The number of nitrogens with two attached hydrogens (primary N) is 1. The maximum Gasteiger partial charge on any atom is 0.241 e. The Bertz CT molecular complexity index is 731. The molecule has 2 rings (SSSR count). The molecule has 0 radical (unpaired) electrons. The third-order valence-corrected chi connectivity index (χ3v) is 4.42. The average molecular weight is 345 g/mol. The molecule has 0 unspecified atom stereocenters. The third kappa shape index (κ3) is 4.02. The topological polar surface area (TPSA) is 72.2 Å². The highest BCUT2D eigenvalue weighted by atomic mass is 35.5. The van der Waals surface area contributed by atoms with E-state index in [0.29, 0.717) is 21.8 Å². The average Bonchev–Trinajstić information content (AvgIpc) is 2.62. The number of anilines is 1. The number of rotatable bonds is 6. The predicted octanol–water partition coefficient (Wildman–Crippen LogP) is 3.88. The van der Waals surface area contributed by atoms with Crippen LogP contribution in [-0.2, 0) is 4.79 Å². The number of amides is 1. The number of para-hydroxylation sites is 1. The smallest absolute Gasteiger partial charge is 0.241 e. The van der Waals surface area contributed by atoms with Gasteiger partial charge in [0.1, 0.15) is 0 Å². The Kier molecular flexibility index (Phi) is 6.12. The van der Waals surface area contributed by atoms with Gasteiger partial charge in [0.2, 0.25) is 5.91 Å². The van der Waals surface area contributed by atoms with Gasteiger partial charge >= 0.3 is 0 Å². The zero-order valence-electron chi connectivity index (χ0n) is 13.8. The van der Waals surface area contributed by atoms with E-state index in [9.17, 15) is 9.59 Å². The molecular formula is C19H21ClN2O2. The van der Waals surface area contributed by atoms with Crippen LogP contribution in [0.4, 0.5) is 5.69 Å². The van der Waals surface area contributed by atoms with Crippen molar-refractivity contribution in [3.05, 3.63) is 64.7 Å². The summed E-state index contributed by atoms with van der Waals surface area (Å²) in [5.41, 5.74) is 7.14. The molecule has 5 heteroatoms. The first-order valence-corrected chi connectivity index (χ1v) is 8.28. The monoisotopic (exact) mass is 344 g/mol. The maximum atomic E-state index is 12.7. The van der Waals surface area contributed by atoms with Crippen molar-refractivity contribution in [2.45, 2.75) is 26.3 Å². The minimum absolute atomic E-state index is 0.0285. The minimum atomic E-state index is -0.661. The molecule has 0 saturated heterocycles. The summed E-state index contributed by atoms with van der Waals surface area (Å²) in [5, 5.41) is 3.03. The molecule has 24 heavy (non-hydrogen) atoms. The Labute approximate surface area is 147 Å². The molecule has 0 aliphatic rings. The van der Waals surface area contributed by atoms with Crippen molar-refractivity contribution in [3.8, 4) is 0 Å². The van der Waals surface area contributed by atoms with Crippen molar-refractivity contribution in [3.63, 3.8) is 0 Å². The highest BCUT2D eigenvalue weighted by Crippen LogP contribution is 2.28. The van der Waals surface area contributed by atoms with Crippen LogP contribution in [0, 0.1) is 5.92 Å². The van der Waals surface area contributed by atoms with Crippen LogP contribution in [0.1, 0.15) is 36.2 Å². The normalized spacial score (nSPS) is 13.2. The molecule has 0 aliphatic carbocycles. The maximum absolute atomic E-state index is 12.7. The van der Waals surface area contributed by atoms with Crippen LogP contribution in [0.25, 0.3) is 0 Å². The first kappa shape index (κ1) is 18.2. The van der Waals surface area contributed by atoms with Crippen molar-refractivity contribution in [2.75, 3.05) is 5.32 Å². The van der Waals surface area contributed by atoms with Crippen LogP contribution < -0.4 is 11.1 Å². The van der Waals surface area contributed by atoms with E-state index >= 15 is 0 Å². The zero-order valence-corrected chi connectivity index (χ0v) is 14.5. The molecule has 0 aromatic heterocycles. The summed E-state index contributed by atoms with van der Waals surface area (Å²) < 4.78 is 0. The molecule has 0 heterocycles. The van der Waals surface area contributed by atoms with Gasteiger partial charge in [-0.15, -0.1) is 0 Å². The van der Waals surface area contributed by atoms with Gasteiger partial charge in [-0.2, -0.15) is 0 Å². The van der Waals surface area contributed by atoms with E-state index in [-0.39, 0.29) is 17.6 Å². The van der Waals surface area contributed by atoms with Crippen LogP contribution in [-0.4, -0.2) is 17.7 Å². The Morgan fingerprint density at radius 2 is 1.79 bits per heavy atom. The van der Waals surface area contributed by atoms with E-state index in [0.717, 1.165) is 6.42 Å². The van der Waals surface area contributed by atoms with Crippen LogP contribution >= 0.6 is 11.6 Å². The second-order valence-corrected chi connectivity index (χ2v) is 6.17. The Morgan fingerprint density at radius 3 is 2.42 bits per heavy atom. The minimum Gasteiger partial charge on any atom is -0.323 e. The third-order valence-electron chi connectivity index (χ3n) is 4.10. The van der Waals surface area contributed by atoms with E-state index < -0.39 is 6.04 Å². The second-order valence-electron chi connectivity index (χ2n) is 5.76. The molecule has 2 atom stereocenters. The van der Waals surface area contributed by atoms with E-state index in [1.54, 1.807) is 42.5 Å². The Hall–Kier alpha value is -2.17. The fourth-order valence-electron chi connectivity index (χ4n) is 2.30. The van der Waals surface area contributed by atoms with Crippen LogP contribution in [0.3, 0.4) is 0 Å². The number of carbonyl (C=O) groups is 2. The van der Waals surface area contributed by atoms with Gasteiger partial charge in [0.25, 0.3) is 0 Å². The molecule has 0 saturated carbocycles. The molecule has 4 nitrogen and oxygen atoms in total. The first-order valence-electron chi connectivity index (χ1n) is 7.90. The lowest BCUT2D eigenvalue weighted by molar-refractivity contribution is -0.118. The van der Waals surface area contributed by atoms with Crippen LogP contribution in [0.5, 0.6) is 0 Å². The molecule has 3 N–H and O–H groups in total. The SMILES string of the molecule is CC[C@H](C)[C@H](N)C(=O)Nc1c(Cl)cccc1C(=O)c1ccccc1. The largest absolute Gasteiger partial charge is 0.323 e. The van der Waals surface area contributed by atoms with Gasteiger partial charge in [0.15, 0.2) is 5.78 Å². The quantitative estimate of drug-likeness (QED) is 0.781. The van der Waals surface area contributed by atoms with Gasteiger partial charge in [0, 0.05) is 11.1 Å². The van der Waals surface area contributed by atoms with Gasteiger partial charge in [-0.3, -0.25) is 9.59 Å². The molecule has 0 bridgehead atoms. The number of nitrogens with one attached hydrogen (secondary N) is 1. The fourth-order valence-corrected chi connectivity index (χ4v) is 2.53. The Morgan fingerprint density at radius 1 is 1.12 bits per heavy atom. The lowest BCUT2D eigenvalue weighted by atomic mass is 9.98. The summed E-state index contributed by atoms with van der Waals surface area (Å²) in [6.07, 6.45) is 0.785. The second kappa shape index (κ2) is 8.08. The molecule has 126 valence electrons. The van der Waals surface area contributed by atoms with Gasteiger partial charge in [-0.25, -0.2) is 0 Å². The Balaban J connectivity index is 2.34. The molecule has 2 aromatic rings. The van der Waals surface area contributed by atoms with E-state index in [1.165, 1.54) is 0 Å². The lowest BCUT2D eigenvalue weighted by Gasteiger charge is -2.19. The highest BCUT2D eigenvalue weighted by Gasteiger charge is 2.23. The van der Waals surface area contributed by atoms with Crippen molar-refractivity contribution < 1.29 is 9.59 Å². The van der Waals surface area contributed by atoms with E-state index in [1.807, 2.05) is 19.9 Å². The number of halogens is 1. The van der Waals surface area contributed by atoms with Crippen molar-refractivity contribution in [1.29, 1.82) is 0 Å². The molecule has 2 aromatic carbocycles.